The van der Waals surface area contributed by atoms with E-state index in [1.54, 1.807) is 0 Å². The summed E-state index contributed by atoms with van der Waals surface area (Å²) in [7, 11) is 0. The average molecular weight is 1250 g/mol. The van der Waals surface area contributed by atoms with Gasteiger partial charge in [0.25, 0.3) is 6.71 Å². The van der Waals surface area contributed by atoms with Gasteiger partial charge in [0.1, 0.15) is 0 Å². The minimum absolute atomic E-state index is 0.0114. The molecule has 15 aromatic carbocycles. The number of rotatable bonds is 15. The molecule has 0 aliphatic carbocycles. The minimum atomic E-state index is -0.280. The number of aromatic nitrogens is 2. The molecule has 2 aliphatic rings. The number of hydrogen-bond donors (Lipinski definition) is 0. The van der Waals surface area contributed by atoms with Gasteiger partial charge in [-0.15, -0.1) is 0 Å². The van der Waals surface area contributed by atoms with Crippen LogP contribution in [-0.2, 0) is 0 Å². The summed E-state index contributed by atoms with van der Waals surface area (Å²) in [5, 5.41) is 4.75. The summed E-state index contributed by atoms with van der Waals surface area (Å²) >= 11 is 0. The Hall–Kier alpha value is -12.6. The van der Waals surface area contributed by atoms with Gasteiger partial charge in [-0.3, -0.25) is 0 Å². The van der Waals surface area contributed by atoms with Crippen molar-refractivity contribution in [2.45, 2.75) is 11.8 Å². The summed E-state index contributed by atoms with van der Waals surface area (Å²) in [4.78, 5) is 7.34. The Morgan fingerprint density at radius 3 is 0.969 bits per heavy atom. The van der Waals surface area contributed by atoms with E-state index in [0.29, 0.717) is 0 Å². The third kappa shape index (κ3) is 9.32. The standard InChI is InChI=1S/C92H64BN5/c1-11-31-63(32-12-1)87(64-33-13-2-14-34-64)67-51-54-84-78(57-67)80-59-75(95(70-43-23-7-24-44-70)71-45-25-8-26-46-71)61-82-90(80)97(84)86-56-53-77(88(65-35-15-3-16-36-65)66-37-17-4-18-38-66)92-89(86)93(82)83-62-76(96(72-47-27-9-28-48-72)73-49-29-10-30-50-73)60-81-79-58-74(52-55-85(79)98(92)91(81)83)94(68-39-19-5-20-40-68)69-41-21-6-22-42-69/h1-62,87-88H. The van der Waals surface area contributed by atoms with E-state index in [4.69, 9.17) is 0 Å². The van der Waals surface area contributed by atoms with Crippen LogP contribution in [0.2, 0.25) is 0 Å². The van der Waals surface area contributed by atoms with Gasteiger partial charge in [-0.25, -0.2) is 0 Å². The number of benzene rings is 15. The zero-order valence-corrected chi connectivity index (χ0v) is 53.8. The van der Waals surface area contributed by atoms with Gasteiger partial charge in [0.15, 0.2) is 0 Å². The van der Waals surface area contributed by atoms with Crippen LogP contribution in [0, 0.1) is 0 Å². The quantitative estimate of drug-likeness (QED) is 0.0753. The molecule has 5 nitrogen and oxygen atoms in total. The number of para-hydroxylation sites is 6. The molecule has 17 aromatic rings. The first-order chi connectivity index (χ1) is 48.7. The van der Waals surface area contributed by atoms with Crippen LogP contribution >= 0.6 is 0 Å². The summed E-state index contributed by atoms with van der Waals surface area (Å²) in [6, 6.07) is 140. The number of fused-ring (bicyclic) bond motifs is 10. The fraction of sp³-hybridized carbons (Fsp3) is 0.0217. The molecule has 0 unspecified atom stereocenters. The van der Waals surface area contributed by atoms with Crippen molar-refractivity contribution in [3.05, 3.63) is 409 Å². The third-order valence-electron chi connectivity index (χ3n) is 20.4. The van der Waals surface area contributed by atoms with Crippen molar-refractivity contribution in [2.24, 2.45) is 0 Å². The zero-order chi connectivity index (χ0) is 64.6. The van der Waals surface area contributed by atoms with Crippen LogP contribution in [0.3, 0.4) is 0 Å². The van der Waals surface area contributed by atoms with Gasteiger partial charge in [-0.05, 0) is 183 Å². The molecule has 19 rings (SSSR count). The van der Waals surface area contributed by atoms with Crippen LogP contribution < -0.4 is 31.1 Å². The van der Waals surface area contributed by atoms with Crippen molar-refractivity contribution in [2.75, 3.05) is 14.7 Å². The monoisotopic (exact) mass is 1250 g/mol. The molecular weight excluding hydrogens is 1190 g/mol. The highest BCUT2D eigenvalue weighted by Gasteiger charge is 2.44. The zero-order valence-electron chi connectivity index (χ0n) is 53.8. The molecule has 0 fully saturated rings. The molecule has 0 atom stereocenters. The predicted molar refractivity (Wildman–Crippen MR) is 411 cm³/mol. The molecule has 0 spiro atoms. The molecule has 0 N–H and O–H groups in total. The third-order valence-corrected chi connectivity index (χ3v) is 20.4. The largest absolute Gasteiger partial charge is 0.311 e. The number of hydrogen-bond acceptors (Lipinski definition) is 3. The van der Waals surface area contributed by atoms with Crippen LogP contribution in [0.25, 0.3) is 55.0 Å². The highest BCUT2D eigenvalue weighted by Crippen LogP contribution is 2.49. The number of anilines is 9. The smallest absolute Gasteiger partial charge is 0.252 e. The lowest BCUT2D eigenvalue weighted by atomic mass is 9.34. The first-order valence-electron chi connectivity index (χ1n) is 34.0. The van der Waals surface area contributed by atoms with Gasteiger partial charge in [0, 0.05) is 107 Å². The van der Waals surface area contributed by atoms with Gasteiger partial charge in [-0.1, -0.05) is 243 Å². The molecule has 0 bridgehead atoms. The average Bonchev–Trinajstić information content (AvgIpc) is 1.40. The molecular formula is C92H64BN5. The van der Waals surface area contributed by atoms with Crippen LogP contribution in [0.15, 0.2) is 376 Å². The maximum atomic E-state index is 2.70. The van der Waals surface area contributed by atoms with Crippen molar-refractivity contribution in [3.63, 3.8) is 0 Å². The second kappa shape index (κ2) is 23.7. The molecule has 0 saturated heterocycles. The van der Waals surface area contributed by atoms with E-state index < -0.39 is 0 Å². The van der Waals surface area contributed by atoms with E-state index >= 15 is 0 Å². The van der Waals surface area contributed by atoms with E-state index in [-0.39, 0.29) is 18.5 Å². The summed E-state index contributed by atoms with van der Waals surface area (Å²) in [6.45, 7) is -0.280. The van der Waals surface area contributed by atoms with Gasteiger partial charge in [-0.2, -0.15) is 0 Å². The van der Waals surface area contributed by atoms with Gasteiger partial charge < -0.3 is 23.8 Å². The second-order valence-corrected chi connectivity index (χ2v) is 25.9. The molecule has 0 saturated carbocycles. The maximum Gasteiger partial charge on any atom is 0.252 e. The van der Waals surface area contributed by atoms with E-state index in [9.17, 15) is 0 Å². The van der Waals surface area contributed by atoms with Crippen LogP contribution in [-0.4, -0.2) is 15.8 Å². The summed E-state index contributed by atoms with van der Waals surface area (Å²) in [5.74, 6) is -0.150. The minimum Gasteiger partial charge on any atom is -0.311 e. The van der Waals surface area contributed by atoms with Gasteiger partial charge in [0.05, 0.1) is 11.0 Å². The highest BCUT2D eigenvalue weighted by atomic mass is 15.2. The summed E-state index contributed by atoms with van der Waals surface area (Å²) in [5.41, 5.74) is 28.1. The highest BCUT2D eigenvalue weighted by molar-refractivity contribution is 7.00. The van der Waals surface area contributed by atoms with Crippen molar-refractivity contribution >= 4 is 118 Å². The van der Waals surface area contributed by atoms with Crippen molar-refractivity contribution in [1.82, 2.24) is 9.13 Å². The Bertz CT molecular complexity index is 5600. The second-order valence-electron chi connectivity index (χ2n) is 25.9. The van der Waals surface area contributed by atoms with Crippen molar-refractivity contribution in [1.29, 1.82) is 0 Å². The van der Waals surface area contributed by atoms with E-state index in [1.165, 1.54) is 93.7 Å². The van der Waals surface area contributed by atoms with Crippen LogP contribution in [0.5, 0.6) is 0 Å². The fourth-order valence-electron chi connectivity index (χ4n) is 16.4. The first kappa shape index (κ1) is 56.9. The van der Waals surface area contributed by atoms with E-state index in [0.717, 1.165) is 62.2 Å². The molecule has 0 radical (unpaired) electrons. The molecule has 4 heterocycles. The Balaban J connectivity index is 0.989. The Morgan fingerprint density at radius 1 is 0.235 bits per heavy atom. The lowest BCUT2D eigenvalue weighted by Gasteiger charge is -2.37. The summed E-state index contributed by atoms with van der Waals surface area (Å²) < 4.78 is 5.35. The molecule has 0 amide bonds. The van der Waals surface area contributed by atoms with Gasteiger partial charge >= 0.3 is 0 Å². The van der Waals surface area contributed by atoms with Crippen LogP contribution in [0.4, 0.5) is 51.2 Å². The molecule has 2 aliphatic heterocycles. The molecule has 98 heavy (non-hydrogen) atoms. The number of nitrogens with zero attached hydrogens (tertiary/aromatic N) is 5. The fourth-order valence-corrected chi connectivity index (χ4v) is 16.4. The molecule has 2 aromatic heterocycles. The van der Waals surface area contributed by atoms with Crippen molar-refractivity contribution < 1.29 is 0 Å². The Kier molecular flexibility index (Phi) is 13.7. The molecule has 6 heteroatoms. The Labute approximate surface area is 571 Å². The lowest BCUT2D eigenvalue weighted by molar-refractivity contribution is 0.952. The topological polar surface area (TPSA) is 19.6 Å². The normalized spacial score (nSPS) is 12.0. The maximum absolute atomic E-state index is 2.70. The first-order valence-corrected chi connectivity index (χ1v) is 34.0. The van der Waals surface area contributed by atoms with Gasteiger partial charge in [0.2, 0.25) is 0 Å². The van der Waals surface area contributed by atoms with E-state index in [1.807, 2.05) is 0 Å². The predicted octanol–water partition coefficient (Wildman–Crippen LogP) is 21.8. The van der Waals surface area contributed by atoms with Crippen LogP contribution in [0.1, 0.15) is 45.2 Å². The lowest BCUT2D eigenvalue weighted by Crippen LogP contribution is -2.60. The SMILES string of the molecule is c1ccc(C(c2ccccc2)c2ccc3c(c2)c2cc(N(c4ccccc4)c4ccccc4)cc4c2n3-c2ccc(C(c3ccccc3)c3ccccc3)c3c2B4c2cc(N(c4ccccc4)c4ccccc4)cc4c5cc(N(c6ccccc6)c6ccccc6)ccc5n-3c24)cc1. The summed E-state index contributed by atoms with van der Waals surface area (Å²) in [6.07, 6.45) is 0. The Morgan fingerprint density at radius 2 is 0.561 bits per heavy atom. The van der Waals surface area contributed by atoms with Crippen molar-refractivity contribution in [3.8, 4) is 11.4 Å². The van der Waals surface area contributed by atoms with E-state index in [2.05, 4.69) is 400 Å². The molecule has 460 valence electrons.